The Bertz CT molecular complexity index is 299. The Morgan fingerprint density at radius 3 is 2.68 bits per heavy atom. The Morgan fingerprint density at radius 1 is 1.42 bits per heavy atom. The number of piperidine rings is 1. The molecule has 19 heavy (non-hydrogen) atoms. The first-order chi connectivity index (χ1) is 8.99. The Kier molecular flexibility index (Phi) is 6.84. The van der Waals surface area contributed by atoms with Crippen molar-refractivity contribution in [2.24, 2.45) is 17.8 Å². The van der Waals surface area contributed by atoms with Crippen LogP contribution in [-0.2, 0) is 9.59 Å². The molecule has 1 rings (SSSR count). The van der Waals surface area contributed by atoms with Crippen molar-refractivity contribution in [3.63, 3.8) is 0 Å². The van der Waals surface area contributed by atoms with E-state index in [9.17, 15) is 9.59 Å². The fraction of sp³-hybridized carbons (Fsp3) is 0.857. The lowest BCUT2D eigenvalue weighted by Crippen LogP contribution is -2.42. The third kappa shape index (κ3) is 6.57. The number of carboxylic acid groups (broad SMARTS) is 1. The zero-order valence-corrected chi connectivity index (χ0v) is 11.9. The van der Waals surface area contributed by atoms with Crippen molar-refractivity contribution in [2.75, 3.05) is 19.6 Å². The summed E-state index contributed by atoms with van der Waals surface area (Å²) < 4.78 is 0. The van der Waals surface area contributed by atoms with Gasteiger partial charge in [0.05, 0.1) is 5.92 Å². The molecule has 0 aromatic heterocycles. The zero-order valence-electron chi connectivity index (χ0n) is 11.9. The van der Waals surface area contributed by atoms with Crippen molar-refractivity contribution in [3.8, 4) is 0 Å². The summed E-state index contributed by atoms with van der Waals surface area (Å²) in [5.74, 6) is -0.223. The molecule has 0 spiro atoms. The van der Waals surface area contributed by atoms with Gasteiger partial charge in [-0.1, -0.05) is 13.8 Å². The van der Waals surface area contributed by atoms with E-state index in [2.05, 4.69) is 24.5 Å². The van der Waals surface area contributed by atoms with Gasteiger partial charge in [0.25, 0.3) is 0 Å². The van der Waals surface area contributed by atoms with E-state index in [1.165, 1.54) is 0 Å². The van der Waals surface area contributed by atoms with Crippen LogP contribution in [0.15, 0.2) is 0 Å². The van der Waals surface area contributed by atoms with Crippen molar-refractivity contribution < 1.29 is 14.7 Å². The summed E-state index contributed by atoms with van der Waals surface area (Å²) in [6.45, 7) is 6.33. The molecule has 5 nitrogen and oxygen atoms in total. The van der Waals surface area contributed by atoms with Crippen LogP contribution in [0.25, 0.3) is 0 Å². The molecule has 0 radical (unpaired) electrons. The Morgan fingerprint density at radius 2 is 2.16 bits per heavy atom. The smallest absolute Gasteiger partial charge is 0.303 e. The second kappa shape index (κ2) is 8.15. The molecule has 0 unspecified atom stereocenters. The van der Waals surface area contributed by atoms with Gasteiger partial charge in [0, 0.05) is 19.5 Å². The number of hydrogen-bond acceptors (Lipinski definition) is 3. The van der Waals surface area contributed by atoms with Crippen LogP contribution < -0.4 is 10.6 Å². The molecule has 1 aliphatic heterocycles. The van der Waals surface area contributed by atoms with Crippen molar-refractivity contribution >= 4 is 11.9 Å². The topological polar surface area (TPSA) is 78.4 Å². The van der Waals surface area contributed by atoms with Gasteiger partial charge in [-0.2, -0.15) is 0 Å². The molecule has 110 valence electrons. The van der Waals surface area contributed by atoms with Gasteiger partial charge in [-0.05, 0) is 37.6 Å². The lowest BCUT2D eigenvalue weighted by Gasteiger charge is -2.24. The maximum atomic E-state index is 12.0. The van der Waals surface area contributed by atoms with Crippen LogP contribution in [0.3, 0.4) is 0 Å². The fourth-order valence-corrected chi connectivity index (χ4v) is 2.62. The number of amides is 1. The number of carbonyl (C=O) groups is 2. The minimum absolute atomic E-state index is 0.0259. The second-order valence-electron chi connectivity index (χ2n) is 5.88. The third-order valence-electron chi connectivity index (χ3n) is 3.50. The summed E-state index contributed by atoms with van der Waals surface area (Å²) in [7, 11) is 0. The molecule has 1 amide bonds. The van der Waals surface area contributed by atoms with Crippen LogP contribution in [0, 0.1) is 17.8 Å². The lowest BCUT2D eigenvalue weighted by atomic mass is 9.93. The van der Waals surface area contributed by atoms with Crippen LogP contribution >= 0.6 is 0 Å². The summed E-state index contributed by atoms with van der Waals surface area (Å²) in [6, 6.07) is 0. The summed E-state index contributed by atoms with van der Waals surface area (Å²) in [6.07, 6.45) is 2.91. The van der Waals surface area contributed by atoms with E-state index < -0.39 is 5.97 Å². The Balaban J connectivity index is 2.36. The summed E-state index contributed by atoms with van der Waals surface area (Å²) >= 11 is 0. The van der Waals surface area contributed by atoms with Crippen LogP contribution in [0.2, 0.25) is 0 Å². The van der Waals surface area contributed by atoms with Crippen LogP contribution in [0.5, 0.6) is 0 Å². The molecular weight excluding hydrogens is 244 g/mol. The van der Waals surface area contributed by atoms with Gasteiger partial charge >= 0.3 is 5.97 Å². The Labute approximate surface area is 115 Å². The highest BCUT2D eigenvalue weighted by Gasteiger charge is 2.22. The fourth-order valence-electron chi connectivity index (χ4n) is 2.62. The van der Waals surface area contributed by atoms with Crippen LogP contribution in [0.1, 0.15) is 39.5 Å². The van der Waals surface area contributed by atoms with Crippen LogP contribution in [-0.4, -0.2) is 36.6 Å². The van der Waals surface area contributed by atoms with Gasteiger partial charge in [0.15, 0.2) is 0 Å². The molecule has 5 heteroatoms. The van der Waals surface area contributed by atoms with Gasteiger partial charge < -0.3 is 15.7 Å². The lowest BCUT2D eigenvalue weighted by molar-refractivity contribution is -0.138. The molecule has 1 fully saturated rings. The van der Waals surface area contributed by atoms with E-state index in [0.717, 1.165) is 32.4 Å². The maximum Gasteiger partial charge on any atom is 0.303 e. The standard InChI is InChI=1S/C14H26N2O3/c1-10(2)6-11(7-13(17)18)8-16-14(19)12-4-3-5-15-9-12/h10-12,15H,3-9H2,1-2H3,(H,16,19)(H,17,18)/t11-,12-/m1/s1. The molecule has 3 N–H and O–H groups in total. The SMILES string of the molecule is CC(C)C[C@@H](CNC(=O)[C@@H]1CCCNC1)CC(=O)O. The normalized spacial score (nSPS) is 21.1. The molecule has 1 heterocycles. The molecule has 0 saturated carbocycles. The summed E-state index contributed by atoms with van der Waals surface area (Å²) in [5, 5.41) is 15.0. The number of nitrogens with one attached hydrogen (secondary N) is 2. The van der Waals surface area contributed by atoms with Gasteiger partial charge in [-0.25, -0.2) is 0 Å². The van der Waals surface area contributed by atoms with E-state index in [1.54, 1.807) is 0 Å². The van der Waals surface area contributed by atoms with E-state index in [-0.39, 0.29) is 24.2 Å². The van der Waals surface area contributed by atoms with Crippen molar-refractivity contribution in [1.82, 2.24) is 10.6 Å². The van der Waals surface area contributed by atoms with E-state index >= 15 is 0 Å². The highest BCUT2D eigenvalue weighted by atomic mass is 16.4. The van der Waals surface area contributed by atoms with E-state index in [0.29, 0.717) is 12.5 Å². The maximum absolute atomic E-state index is 12.0. The quantitative estimate of drug-likeness (QED) is 0.650. The molecule has 1 aliphatic rings. The minimum atomic E-state index is -0.792. The largest absolute Gasteiger partial charge is 0.481 e. The molecule has 1 saturated heterocycles. The first kappa shape index (κ1) is 16.0. The number of carbonyl (C=O) groups excluding carboxylic acids is 1. The first-order valence-electron chi connectivity index (χ1n) is 7.19. The average molecular weight is 270 g/mol. The zero-order chi connectivity index (χ0) is 14.3. The predicted molar refractivity (Wildman–Crippen MR) is 73.8 cm³/mol. The molecule has 2 atom stereocenters. The van der Waals surface area contributed by atoms with Gasteiger partial charge in [-0.15, -0.1) is 0 Å². The number of rotatable bonds is 7. The van der Waals surface area contributed by atoms with Crippen molar-refractivity contribution in [2.45, 2.75) is 39.5 Å². The number of hydrogen-bond donors (Lipinski definition) is 3. The molecule has 0 aliphatic carbocycles. The predicted octanol–water partition coefficient (Wildman–Crippen LogP) is 1.24. The summed E-state index contributed by atoms with van der Waals surface area (Å²) in [5.41, 5.74) is 0. The van der Waals surface area contributed by atoms with E-state index in [1.807, 2.05) is 0 Å². The third-order valence-corrected chi connectivity index (χ3v) is 3.50. The highest BCUT2D eigenvalue weighted by Crippen LogP contribution is 2.15. The van der Waals surface area contributed by atoms with Crippen molar-refractivity contribution in [1.29, 1.82) is 0 Å². The van der Waals surface area contributed by atoms with Crippen molar-refractivity contribution in [3.05, 3.63) is 0 Å². The summed E-state index contributed by atoms with van der Waals surface area (Å²) in [4.78, 5) is 22.8. The highest BCUT2D eigenvalue weighted by molar-refractivity contribution is 5.79. The monoisotopic (exact) mass is 270 g/mol. The number of carboxylic acids is 1. The average Bonchev–Trinajstić information content (AvgIpc) is 2.35. The molecule has 0 aromatic carbocycles. The molecular formula is C14H26N2O3. The number of aliphatic carboxylic acids is 1. The van der Waals surface area contributed by atoms with Gasteiger partial charge in [0.1, 0.15) is 0 Å². The molecule has 0 bridgehead atoms. The van der Waals surface area contributed by atoms with Gasteiger partial charge in [-0.3, -0.25) is 9.59 Å². The van der Waals surface area contributed by atoms with Crippen LogP contribution in [0.4, 0.5) is 0 Å². The van der Waals surface area contributed by atoms with Gasteiger partial charge in [0.2, 0.25) is 5.91 Å². The Hall–Kier alpha value is -1.10. The first-order valence-corrected chi connectivity index (χ1v) is 7.19. The molecule has 0 aromatic rings. The second-order valence-corrected chi connectivity index (χ2v) is 5.88. The minimum Gasteiger partial charge on any atom is -0.481 e. The van der Waals surface area contributed by atoms with E-state index in [4.69, 9.17) is 5.11 Å².